The van der Waals surface area contributed by atoms with Crippen molar-refractivity contribution in [1.82, 2.24) is 10.4 Å². The standard InChI is InChI=1S/C16H12FN3O/c17-14-7-3-1-5-11(14)9-19-20-16(21)13-10-18-15-8-4-2-6-12(13)15/h1-10,18H,(H,20,21)/b19-9-. The summed E-state index contributed by atoms with van der Waals surface area (Å²) in [7, 11) is 0. The first-order chi connectivity index (χ1) is 10.3. The van der Waals surface area contributed by atoms with E-state index in [1.54, 1.807) is 24.4 Å². The molecule has 0 aliphatic heterocycles. The molecule has 0 spiro atoms. The number of nitrogens with one attached hydrogen (secondary N) is 2. The van der Waals surface area contributed by atoms with Gasteiger partial charge in [-0.25, -0.2) is 9.82 Å². The quantitative estimate of drug-likeness (QED) is 0.562. The Bertz CT molecular complexity index is 823. The predicted octanol–water partition coefficient (Wildman–Crippen LogP) is 3.07. The average molecular weight is 281 g/mol. The molecule has 104 valence electrons. The fourth-order valence-electron chi connectivity index (χ4n) is 2.06. The first kappa shape index (κ1) is 13.1. The van der Waals surface area contributed by atoms with Crippen LogP contribution in [0.1, 0.15) is 15.9 Å². The van der Waals surface area contributed by atoms with Gasteiger partial charge in [-0.15, -0.1) is 0 Å². The highest BCUT2D eigenvalue weighted by atomic mass is 19.1. The molecule has 3 aromatic rings. The summed E-state index contributed by atoms with van der Waals surface area (Å²) in [5.74, 6) is -0.734. The molecule has 0 saturated carbocycles. The number of hydrogen-bond acceptors (Lipinski definition) is 2. The van der Waals surface area contributed by atoms with Crippen molar-refractivity contribution in [3.63, 3.8) is 0 Å². The van der Waals surface area contributed by atoms with E-state index in [4.69, 9.17) is 0 Å². The maximum Gasteiger partial charge on any atom is 0.273 e. The van der Waals surface area contributed by atoms with Gasteiger partial charge in [-0.2, -0.15) is 5.10 Å². The molecule has 0 unspecified atom stereocenters. The number of fused-ring (bicyclic) bond motifs is 1. The second kappa shape index (κ2) is 5.58. The Kier molecular flexibility index (Phi) is 3.47. The van der Waals surface area contributed by atoms with Crippen LogP contribution in [0.5, 0.6) is 0 Å². The largest absolute Gasteiger partial charge is 0.360 e. The summed E-state index contributed by atoms with van der Waals surface area (Å²) >= 11 is 0. The van der Waals surface area contributed by atoms with Crippen molar-refractivity contribution < 1.29 is 9.18 Å². The van der Waals surface area contributed by atoms with Gasteiger partial charge in [-0.1, -0.05) is 36.4 Å². The molecule has 1 heterocycles. The molecular weight excluding hydrogens is 269 g/mol. The number of aromatic amines is 1. The number of benzene rings is 2. The number of aromatic nitrogens is 1. The number of hydrogen-bond donors (Lipinski definition) is 2. The van der Waals surface area contributed by atoms with E-state index >= 15 is 0 Å². The Morgan fingerprint density at radius 2 is 1.90 bits per heavy atom. The van der Waals surface area contributed by atoms with Crippen molar-refractivity contribution in [2.45, 2.75) is 0 Å². The summed E-state index contributed by atoms with van der Waals surface area (Å²) in [6.07, 6.45) is 2.90. The second-order valence-corrected chi connectivity index (χ2v) is 4.47. The van der Waals surface area contributed by atoms with Gasteiger partial charge in [0.1, 0.15) is 5.82 Å². The van der Waals surface area contributed by atoms with Gasteiger partial charge >= 0.3 is 0 Å². The first-order valence-electron chi connectivity index (χ1n) is 6.40. The number of carbonyl (C=O) groups is 1. The number of halogens is 1. The number of nitrogens with zero attached hydrogens (tertiary/aromatic N) is 1. The molecule has 3 rings (SSSR count). The SMILES string of the molecule is O=C(N/N=C\c1ccccc1F)c1c[nH]c2ccccc12. The highest BCUT2D eigenvalue weighted by Crippen LogP contribution is 2.17. The molecule has 1 amide bonds. The van der Waals surface area contributed by atoms with Crippen molar-refractivity contribution >= 4 is 23.0 Å². The lowest BCUT2D eigenvalue weighted by Gasteiger charge is -1.98. The van der Waals surface area contributed by atoms with E-state index < -0.39 is 0 Å². The van der Waals surface area contributed by atoms with Gasteiger partial charge in [0.05, 0.1) is 11.8 Å². The van der Waals surface area contributed by atoms with Crippen molar-refractivity contribution in [2.75, 3.05) is 0 Å². The highest BCUT2D eigenvalue weighted by molar-refractivity contribution is 6.06. The monoisotopic (exact) mass is 281 g/mol. The lowest BCUT2D eigenvalue weighted by molar-refractivity contribution is 0.0957. The van der Waals surface area contributed by atoms with Gasteiger partial charge in [-0.3, -0.25) is 4.79 Å². The van der Waals surface area contributed by atoms with Gasteiger partial charge in [0, 0.05) is 22.7 Å². The number of hydrazone groups is 1. The molecule has 21 heavy (non-hydrogen) atoms. The van der Waals surface area contributed by atoms with Crippen LogP contribution in [0.2, 0.25) is 0 Å². The third-order valence-electron chi connectivity index (χ3n) is 3.11. The molecule has 5 heteroatoms. The molecule has 0 fully saturated rings. The molecule has 0 aliphatic carbocycles. The zero-order chi connectivity index (χ0) is 14.7. The lowest BCUT2D eigenvalue weighted by atomic mass is 10.2. The molecule has 2 aromatic carbocycles. The molecule has 0 bridgehead atoms. The lowest BCUT2D eigenvalue weighted by Crippen LogP contribution is -2.17. The van der Waals surface area contributed by atoms with Crippen molar-refractivity contribution in [3.8, 4) is 0 Å². The Balaban J connectivity index is 1.77. The Hall–Kier alpha value is -2.95. The van der Waals surface area contributed by atoms with Crippen molar-refractivity contribution in [1.29, 1.82) is 0 Å². The fourth-order valence-corrected chi connectivity index (χ4v) is 2.06. The zero-order valence-electron chi connectivity index (χ0n) is 11.0. The molecule has 4 nitrogen and oxygen atoms in total. The summed E-state index contributed by atoms with van der Waals surface area (Å²) < 4.78 is 13.4. The topological polar surface area (TPSA) is 57.2 Å². The van der Waals surface area contributed by atoms with Crippen molar-refractivity contribution in [3.05, 3.63) is 71.7 Å². The molecule has 2 N–H and O–H groups in total. The van der Waals surface area contributed by atoms with E-state index in [9.17, 15) is 9.18 Å². The summed E-state index contributed by atoms with van der Waals surface area (Å²) in [6.45, 7) is 0. The summed E-state index contributed by atoms with van der Waals surface area (Å²) in [6, 6.07) is 13.7. The highest BCUT2D eigenvalue weighted by Gasteiger charge is 2.10. The van der Waals surface area contributed by atoms with Crippen LogP contribution in [0.25, 0.3) is 10.9 Å². The van der Waals surface area contributed by atoms with Crippen LogP contribution in [0.3, 0.4) is 0 Å². The van der Waals surface area contributed by atoms with Crippen LogP contribution >= 0.6 is 0 Å². The smallest absolute Gasteiger partial charge is 0.273 e. The van der Waals surface area contributed by atoms with E-state index in [2.05, 4.69) is 15.5 Å². The van der Waals surface area contributed by atoms with E-state index in [1.807, 2.05) is 24.3 Å². The van der Waals surface area contributed by atoms with Crippen LogP contribution in [-0.2, 0) is 0 Å². The maximum absolute atomic E-state index is 13.4. The van der Waals surface area contributed by atoms with Crippen LogP contribution in [0.4, 0.5) is 4.39 Å². The minimum Gasteiger partial charge on any atom is -0.360 e. The van der Waals surface area contributed by atoms with Crippen molar-refractivity contribution in [2.24, 2.45) is 5.10 Å². The predicted molar refractivity (Wildman–Crippen MR) is 79.8 cm³/mol. The average Bonchev–Trinajstić information content (AvgIpc) is 2.93. The number of H-pyrrole nitrogens is 1. The normalized spacial score (nSPS) is 11.1. The third-order valence-corrected chi connectivity index (χ3v) is 3.11. The number of amides is 1. The van der Waals surface area contributed by atoms with E-state index in [0.29, 0.717) is 11.1 Å². The van der Waals surface area contributed by atoms with Crippen LogP contribution in [-0.4, -0.2) is 17.1 Å². The van der Waals surface area contributed by atoms with Gasteiger partial charge in [0.15, 0.2) is 0 Å². The molecule has 0 saturated heterocycles. The van der Waals surface area contributed by atoms with Crippen LogP contribution < -0.4 is 5.43 Å². The van der Waals surface area contributed by atoms with Gasteiger partial charge < -0.3 is 4.98 Å². The number of rotatable bonds is 3. The molecule has 0 radical (unpaired) electrons. The van der Waals surface area contributed by atoms with Crippen LogP contribution in [0.15, 0.2) is 59.8 Å². The molecular formula is C16H12FN3O. The second-order valence-electron chi connectivity index (χ2n) is 4.47. The third kappa shape index (κ3) is 2.67. The summed E-state index contributed by atoms with van der Waals surface area (Å²) in [5.41, 5.74) is 4.09. The number of carbonyl (C=O) groups excluding carboxylic acids is 1. The summed E-state index contributed by atoms with van der Waals surface area (Å²) in [4.78, 5) is 15.1. The molecule has 1 aromatic heterocycles. The van der Waals surface area contributed by atoms with E-state index in [1.165, 1.54) is 12.3 Å². The van der Waals surface area contributed by atoms with E-state index in [-0.39, 0.29) is 11.7 Å². The minimum absolute atomic E-state index is 0.316. The first-order valence-corrected chi connectivity index (χ1v) is 6.40. The number of para-hydroxylation sites is 1. The Morgan fingerprint density at radius 3 is 2.76 bits per heavy atom. The Morgan fingerprint density at radius 1 is 1.14 bits per heavy atom. The molecule has 0 aliphatic rings. The zero-order valence-corrected chi connectivity index (χ0v) is 11.0. The van der Waals surface area contributed by atoms with Crippen LogP contribution in [0, 0.1) is 5.82 Å². The summed E-state index contributed by atoms with van der Waals surface area (Å²) in [5, 5.41) is 4.60. The van der Waals surface area contributed by atoms with Gasteiger partial charge in [-0.05, 0) is 12.1 Å². The van der Waals surface area contributed by atoms with Gasteiger partial charge in [0.2, 0.25) is 0 Å². The Labute approximate surface area is 120 Å². The minimum atomic E-state index is -0.386. The maximum atomic E-state index is 13.4. The fraction of sp³-hybridized carbons (Fsp3) is 0. The van der Waals surface area contributed by atoms with Gasteiger partial charge in [0.25, 0.3) is 5.91 Å². The molecule has 0 atom stereocenters. The van der Waals surface area contributed by atoms with E-state index in [0.717, 1.165) is 10.9 Å².